The quantitative estimate of drug-likeness (QED) is 0.540. The molecule has 0 heterocycles. The minimum absolute atomic E-state index is 0.738. The van der Waals surface area contributed by atoms with Gasteiger partial charge in [-0.25, -0.2) is 0 Å². The molecule has 0 saturated heterocycles. The van der Waals surface area contributed by atoms with Crippen molar-refractivity contribution in [2.45, 2.75) is 71.1 Å². The molecule has 0 bridgehead atoms. The van der Waals surface area contributed by atoms with Crippen LogP contribution in [-0.2, 0) is 0 Å². The van der Waals surface area contributed by atoms with E-state index in [9.17, 15) is 0 Å². The Kier molecular flexibility index (Phi) is 2.35. The van der Waals surface area contributed by atoms with Crippen molar-refractivity contribution in [1.82, 2.24) is 0 Å². The molecular formula is C18H26. The van der Waals surface area contributed by atoms with Crippen LogP contribution >= 0.6 is 0 Å². The molecule has 0 heteroatoms. The first-order valence-corrected chi connectivity index (χ1v) is 8.04. The Balaban J connectivity index is 1.44. The summed E-state index contributed by atoms with van der Waals surface area (Å²) in [5.74, 6) is 0.983. The average Bonchev–Trinajstić information content (AvgIpc) is 2.65. The van der Waals surface area contributed by atoms with Gasteiger partial charge in [0.15, 0.2) is 0 Å². The van der Waals surface area contributed by atoms with Crippen LogP contribution in [0.5, 0.6) is 0 Å². The summed E-state index contributed by atoms with van der Waals surface area (Å²) in [6.07, 6.45) is 19.5. The van der Waals surface area contributed by atoms with Crippen molar-refractivity contribution in [3.63, 3.8) is 0 Å². The van der Waals surface area contributed by atoms with Gasteiger partial charge < -0.3 is 0 Å². The van der Waals surface area contributed by atoms with Crippen molar-refractivity contribution in [3.8, 4) is 0 Å². The summed E-state index contributed by atoms with van der Waals surface area (Å²) in [7, 11) is 0. The van der Waals surface area contributed by atoms with Gasteiger partial charge in [0.05, 0.1) is 0 Å². The maximum atomic E-state index is 2.45. The zero-order valence-electron chi connectivity index (χ0n) is 11.8. The molecule has 0 atom stereocenters. The molecule has 4 aliphatic carbocycles. The fourth-order valence-corrected chi connectivity index (χ4v) is 5.36. The molecule has 4 aliphatic rings. The first-order valence-electron chi connectivity index (χ1n) is 8.04. The van der Waals surface area contributed by atoms with E-state index < -0.39 is 0 Å². The molecule has 18 heavy (non-hydrogen) atoms. The van der Waals surface area contributed by atoms with Gasteiger partial charge in [0, 0.05) is 0 Å². The van der Waals surface area contributed by atoms with Gasteiger partial charge in [0.1, 0.15) is 0 Å². The summed E-state index contributed by atoms with van der Waals surface area (Å²) in [4.78, 5) is 0. The highest BCUT2D eigenvalue weighted by molar-refractivity contribution is 5.29. The Hall–Kier alpha value is -0.520. The van der Waals surface area contributed by atoms with Crippen LogP contribution in [0.3, 0.4) is 0 Å². The van der Waals surface area contributed by atoms with E-state index in [-0.39, 0.29) is 0 Å². The molecule has 0 aliphatic heterocycles. The van der Waals surface area contributed by atoms with E-state index in [2.05, 4.69) is 19.1 Å². The predicted octanol–water partition coefficient (Wildman–Crippen LogP) is 5.40. The van der Waals surface area contributed by atoms with Crippen LogP contribution in [0.4, 0.5) is 0 Å². The first-order chi connectivity index (χ1) is 8.71. The monoisotopic (exact) mass is 242 g/mol. The number of rotatable bonds is 1. The smallest absolute Gasteiger partial charge is 0.0190 e. The van der Waals surface area contributed by atoms with Crippen molar-refractivity contribution in [3.05, 3.63) is 23.3 Å². The predicted molar refractivity (Wildman–Crippen MR) is 76.4 cm³/mol. The van der Waals surface area contributed by atoms with Gasteiger partial charge in [-0.15, -0.1) is 0 Å². The summed E-state index contributed by atoms with van der Waals surface area (Å²) < 4.78 is 0. The molecule has 2 spiro atoms. The molecular weight excluding hydrogens is 216 g/mol. The molecule has 4 rings (SSSR count). The lowest BCUT2D eigenvalue weighted by molar-refractivity contribution is 0.0576. The topological polar surface area (TPSA) is 0 Å². The van der Waals surface area contributed by atoms with Gasteiger partial charge >= 0.3 is 0 Å². The molecule has 0 nitrogen and oxygen atoms in total. The van der Waals surface area contributed by atoms with Gasteiger partial charge in [0.2, 0.25) is 0 Å². The van der Waals surface area contributed by atoms with Gasteiger partial charge in [-0.3, -0.25) is 0 Å². The Bertz CT molecular complexity index is 413. The van der Waals surface area contributed by atoms with E-state index in [1.807, 2.05) is 5.57 Å². The number of hydrogen-bond donors (Lipinski definition) is 0. The molecule has 0 N–H and O–H groups in total. The number of allylic oxidation sites excluding steroid dienone is 4. The lowest BCUT2D eigenvalue weighted by Gasteiger charge is -2.50. The molecule has 0 radical (unpaired) electrons. The molecule has 0 unspecified atom stereocenters. The van der Waals surface area contributed by atoms with Crippen LogP contribution in [0.2, 0.25) is 0 Å². The lowest BCUT2D eigenvalue weighted by atomic mass is 9.54. The van der Waals surface area contributed by atoms with Crippen LogP contribution in [-0.4, -0.2) is 0 Å². The maximum absolute atomic E-state index is 2.45. The van der Waals surface area contributed by atoms with E-state index in [1.54, 1.807) is 5.57 Å². The van der Waals surface area contributed by atoms with Crippen molar-refractivity contribution in [2.24, 2.45) is 16.7 Å². The molecule has 0 aromatic carbocycles. The van der Waals surface area contributed by atoms with Crippen LogP contribution in [0.15, 0.2) is 23.3 Å². The summed E-state index contributed by atoms with van der Waals surface area (Å²) in [5.41, 5.74) is 5.22. The number of hydrogen-bond acceptors (Lipinski definition) is 0. The highest BCUT2D eigenvalue weighted by atomic mass is 14.5. The largest absolute Gasteiger partial charge is 0.0885 e. The van der Waals surface area contributed by atoms with Crippen molar-refractivity contribution >= 4 is 0 Å². The summed E-state index contributed by atoms with van der Waals surface area (Å²) in [5, 5.41) is 0. The van der Waals surface area contributed by atoms with Crippen molar-refractivity contribution in [2.75, 3.05) is 0 Å². The van der Waals surface area contributed by atoms with Gasteiger partial charge in [-0.2, -0.15) is 0 Å². The molecule has 0 amide bonds. The summed E-state index contributed by atoms with van der Waals surface area (Å²) in [6.45, 7) is 2.44. The second-order valence-electron chi connectivity index (χ2n) is 7.83. The molecule has 0 aromatic rings. The van der Waals surface area contributed by atoms with Crippen LogP contribution in [0.25, 0.3) is 0 Å². The third-order valence-electron chi connectivity index (χ3n) is 6.58. The second-order valence-corrected chi connectivity index (χ2v) is 7.83. The first kappa shape index (κ1) is 11.3. The zero-order valence-corrected chi connectivity index (χ0v) is 11.8. The van der Waals surface area contributed by atoms with E-state index in [0.29, 0.717) is 0 Å². The fourth-order valence-electron chi connectivity index (χ4n) is 5.36. The second kappa shape index (κ2) is 3.74. The van der Waals surface area contributed by atoms with Gasteiger partial charge in [0.25, 0.3) is 0 Å². The van der Waals surface area contributed by atoms with Crippen molar-refractivity contribution < 1.29 is 0 Å². The van der Waals surface area contributed by atoms with Crippen molar-refractivity contribution in [1.29, 1.82) is 0 Å². The Morgan fingerprint density at radius 1 is 1.00 bits per heavy atom. The normalized spacial score (nSPS) is 41.3. The summed E-state index contributed by atoms with van der Waals surface area (Å²) in [6, 6.07) is 0. The van der Waals surface area contributed by atoms with Crippen LogP contribution < -0.4 is 0 Å². The van der Waals surface area contributed by atoms with Gasteiger partial charge in [-0.1, -0.05) is 29.7 Å². The Labute approximate surface area is 112 Å². The molecule has 2 saturated carbocycles. The minimum Gasteiger partial charge on any atom is -0.0885 e. The summed E-state index contributed by atoms with van der Waals surface area (Å²) >= 11 is 0. The van der Waals surface area contributed by atoms with E-state index in [1.165, 1.54) is 64.2 Å². The Morgan fingerprint density at radius 2 is 1.83 bits per heavy atom. The minimum atomic E-state index is 0.738. The molecule has 2 fully saturated rings. The third kappa shape index (κ3) is 1.57. The molecule has 98 valence electrons. The maximum Gasteiger partial charge on any atom is -0.0190 e. The van der Waals surface area contributed by atoms with E-state index in [0.717, 1.165) is 16.7 Å². The highest BCUT2D eigenvalue weighted by Gasteiger charge is 2.49. The van der Waals surface area contributed by atoms with Crippen LogP contribution in [0, 0.1) is 16.7 Å². The van der Waals surface area contributed by atoms with E-state index in [4.69, 9.17) is 0 Å². The third-order valence-corrected chi connectivity index (χ3v) is 6.58. The van der Waals surface area contributed by atoms with Gasteiger partial charge in [-0.05, 0) is 81.5 Å². The SMILES string of the molecule is CC1=C(C2CC3(CC=CCC3)C2)CC2(CCC2)C1. The lowest BCUT2D eigenvalue weighted by Crippen LogP contribution is -2.39. The fraction of sp³-hybridized carbons (Fsp3) is 0.778. The standard InChI is InChI=1S/C18H26/c1-14-10-17(8-5-9-17)13-16(14)15-11-18(12-15)6-3-2-4-7-18/h2-3,15H,4-13H2,1H3. The van der Waals surface area contributed by atoms with Crippen LogP contribution in [0.1, 0.15) is 71.1 Å². The van der Waals surface area contributed by atoms with E-state index >= 15 is 0 Å². The Morgan fingerprint density at radius 3 is 2.39 bits per heavy atom. The average molecular weight is 242 g/mol. The molecule has 0 aromatic heterocycles. The zero-order chi connectivity index (χ0) is 12.2. The highest BCUT2D eigenvalue weighted by Crippen LogP contribution is 2.62.